The SMILES string of the molecule is COc1ccc(Cl)cc1-n1nc(C(C)O)nc1CCC=C(C)C. The van der Waals surface area contributed by atoms with Gasteiger partial charge in [0.05, 0.1) is 7.11 Å². The molecule has 0 aliphatic carbocycles. The average Bonchev–Trinajstić information content (AvgIpc) is 2.91. The average molecular weight is 336 g/mol. The highest BCUT2D eigenvalue weighted by molar-refractivity contribution is 6.30. The minimum absolute atomic E-state index is 0.388. The number of hydrogen-bond donors (Lipinski definition) is 1. The molecule has 0 aliphatic heterocycles. The van der Waals surface area contributed by atoms with Crippen LogP contribution in [0.15, 0.2) is 29.8 Å². The minimum atomic E-state index is -0.733. The number of aryl methyl sites for hydroxylation is 1. The molecule has 1 N–H and O–H groups in total. The van der Waals surface area contributed by atoms with Crippen LogP contribution < -0.4 is 4.74 Å². The third-order valence-electron chi connectivity index (χ3n) is 3.35. The van der Waals surface area contributed by atoms with E-state index < -0.39 is 6.10 Å². The molecule has 0 fully saturated rings. The van der Waals surface area contributed by atoms with E-state index in [0.717, 1.165) is 12.2 Å². The van der Waals surface area contributed by atoms with Crippen molar-refractivity contribution < 1.29 is 9.84 Å². The van der Waals surface area contributed by atoms with Crippen LogP contribution in [0.2, 0.25) is 5.02 Å². The number of nitrogens with zero attached hydrogens (tertiary/aromatic N) is 3. The summed E-state index contributed by atoms with van der Waals surface area (Å²) < 4.78 is 7.10. The van der Waals surface area contributed by atoms with Gasteiger partial charge in [-0.05, 0) is 45.4 Å². The molecule has 2 aromatic rings. The summed E-state index contributed by atoms with van der Waals surface area (Å²) in [6.07, 6.45) is 2.98. The Hall–Kier alpha value is -1.85. The molecule has 1 heterocycles. The fourth-order valence-corrected chi connectivity index (χ4v) is 2.38. The molecule has 0 aliphatic rings. The van der Waals surface area contributed by atoms with Gasteiger partial charge in [0.1, 0.15) is 23.4 Å². The normalized spacial score (nSPS) is 12.1. The van der Waals surface area contributed by atoms with Crippen LogP contribution in [-0.4, -0.2) is 27.0 Å². The summed E-state index contributed by atoms with van der Waals surface area (Å²) >= 11 is 6.12. The third-order valence-corrected chi connectivity index (χ3v) is 3.59. The smallest absolute Gasteiger partial charge is 0.179 e. The Kier molecular flexibility index (Phi) is 5.80. The van der Waals surface area contributed by atoms with Crippen LogP contribution in [0.1, 0.15) is 44.9 Å². The lowest BCUT2D eigenvalue weighted by Crippen LogP contribution is -2.05. The number of methoxy groups -OCH3 is 1. The number of aliphatic hydroxyl groups excluding tert-OH is 1. The molecule has 0 spiro atoms. The number of halogens is 1. The Bertz CT molecular complexity index is 704. The monoisotopic (exact) mass is 335 g/mol. The van der Waals surface area contributed by atoms with Crippen molar-refractivity contribution in [3.8, 4) is 11.4 Å². The fraction of sp³-hybridized carbons (Fsp3) is 0.412. The predicted octanol–water partition coefficient (Wildman–Crippen LogP) is 3.88. The van der Waals surface area contributed by atoms with Gasteiger partial charge in [0.15, 0.2) is 5.82 Å². The molecule has 0 saturated heterocycles. The molecule has 0 radical (unpaired) electrons. The van der Waals surface area contributed by atoms with Crippen molar-refractivity contribution in [2.75, 3.05) is 7.11 Å². The largest absolute Gasteiger partial charge is 0.494 e. The third kappa shape index (κ3) is 4.33. The molecule has 0 saturated carbocycles. The first-order chi connectivity index (χ1) is 10.9. The maximum atomic E-state index is 9.80. The lowest BCUT2D eigenvalue weighted by Gasteiger charge is -2.10. The van der Waals surface area contributed by atoms with Crippen LogP contribution >= 0.6 is 11.6 Å². The second kappa shape index (κ2) is 7.62. The van der Waals surface area contributed by atoms with Gasteiger partial charge in [-0.1, -0.05) is 23.3 Å². The summed E-state index contributed by atoms with van der Waals surface area (Å²) in [6.45, 7) is 5.77. The van der Waals surface area contributed by atoms with E-state index in [9.17, 15) is 5.11 Å². The second-order valence-corrected chi connectivity index (χ2v) is 6.05. The summed E-state index contributed by atoms with van der Waals surface area (Å²) in [6, 6.07) is 5.34. The van der Waals surface area contributed by atoms with Crippen LogP contribution in [-0.2, 0) is 6.42 Å². The number of benzene rings is 1. The quantitative estimate of drug-likeness (QED) is 0.814. The first-order valence-corrected chi connectivity index (χ1v) is 7.91. The molecule has 1 unspecified atom stereocenters. The highest BCUT2D eigenvalue weighted by Gasteiger charge is 2.17. The molecular weight excluding hydrogens is 314 g/mol. The van der Waals surface area contributed by atoms with E-state index in [1.807, 2.05) is 0 Å². The van der Waals surface area contributed by atoms with E-state index in [1.165, 1.54) is 5.57 Å². The fourth-order valence-electron chi connectivity index (χ4n) is 2.21. The van der Waals surface area contributed by atoms with E-state index in [-0.39, 0.29) is 0 Å². The zero-order chi connectivity index (χ0) is 17.0. The van der Waals surface area contributed by atoms with Crippen molar-refractivity contribution in [3.05, 3.63) is 46.5 Å². The minimum Gasteiger partial charge on any atom is -0.494 e. The molecule has 1 aromatic carbocycles. The van der Waals surface area contributed by atoms with E-state index in [1.54, 1.807) is 36.9 Å². The predicted molar refractivity (Wildman–Crippen MR) is 91.3 cm³/mol. The number of aromatic nitrogens is 3. The van der Waals surface area contributed by atoms with Gasteiger partial charge in [-0.3, -0.25) is 0 Å². The Balaban J connectivity index is 2.47. The van der Waals surface area contributed by atoms with Gasteiger partial charge in [-0.2, -0.15) is 0 Å². The van der Waals surface area contributed by atoms with E-state index in [0.29, 0.717) is 28.7 Å². The second-order valence-electron chi connectivity index (χ2n) is 5.61. The van der Waals surface area contributed by atoms with Gasteiger partial charge in [-0.25, -0.2) is 9.67 Å². The number of allylic oxidation sites excluding steroid dienone is 2. The lowest BCUT2D eigenvalue weighted by atomic mass is 10.2. The number of ether oxygens (including phenoxy) is 1. The van der Waals surface area contributed by atoms with Crippen LogP contribution in [0, 0.1) is 0 Å². The van der Waals surface area contributed by atoms with E-state index in [2.05, 4.69) is 30.0 Å². The Morgan fingerprint density at radius 2 is 2.17 bits per heavy atom. The summed E-state index contributed by atoms with van der Waals surface area (Å²) in [5.74, 6) is 1.80. The molecule has 23 heavy (non-hydrogen) atoms. The molecule has 124 valence electrons. The lowest BCUT2D eigenvalue weighted by molar-refractivity contribution is 0.189. The Morgan fingerprint density at radius 1 is 1.43 bits per heavy atom. The summed E-state index contributed by atoms with van der Waals surface area (Å²) in [4.78, 5) is 4.46. The van der Waals surface area contributed by atoms with Crippen LogP contribution in [0.3, 0.4) is 0 Å². The highest BCUT2D eigenvalue weighted by atomic mass is 35.5. The van der Waals surface area contributed by atoms with Crippen LogP contribution in [0.25, 0.3) is 5.69 Å². The van der Waals surface area contributed by atoms with Gasteiger partial charge in [0, 0.05) is 11.4 Å². The molecule has 1 atom stereocenters. The molecule has 1 aromatic heterocycles. The zero-order valence-electron chi connectivity index (χ0n) is 13.9. The first kappa shape index (κ1) is 17.5. The standard InChI is InChI=1S/C17H22ClN3O2/c1-11(2)6-5-7-16-19-17(12(3)22)20-21(16)14-10-13(18)8-9-15(14)23-4/h6,8-10,12,22H,5,7H2,1-4H3. The van der Waals surface area contributed by atoms with Gasteiger partial charge in [0.25, 0.3) is 0 Å². The highest BCUT2D eigenvalue weighted by Crippen LogP contribution is 2.27. The molecule has 0 bridgehead atoms. The molecule has 6 heteroatoms. The summed E-state index contributed by atoms with van der Waals surface area (Å²) in [5.41, 5.74) is 1.97. The van der Waals surface area contributed by atoms with Gasteiger partial charge in [-0.15, -0.1) is 5.10 Å². The summed E-state index contributed by atoms with van der Waals surface area (Å²) in [7, 11) is 1.60. The molecule has 0 amide bonds. The topological polar surface area (TPSA) is 60.2 Å². The molecular formula is C17H22ClN3O2. The van der Waals surface area contributed by atoms with Gasteiger partial charge < -0.3 is 9.84 Å². The maximum Gasteiger partial charge on any atom is 0.179 e. The van der Waals surface area contributed by atoms with Crippen molar-refractivity contribution in [2.45, 2.75) is 39.7 Å². The Labute approximate surface area is 141 Å². The van der Waals surface area contributed by atoms with Crippen molar-refractivity contribution in [1.29, 1.82) is 0 Å². The molecule has 2 rings (SSSR count). The Morgan fingerprint density at radius 3 is 2.78 bits per heavy atom. The zero-order valence-corrected chi connectivity index (χ0v) is 14.6. The van der Waals surface area contributed by atoms with Crippen molar-refractivity contribution >= 4 is 11.6 Å². The van der Waals surface area contributed by atoms with Gasteiger partial charge in [0.2, 0.25) is 0 Å². The van der Waals surface area contributed by atoms with Gasteiger partial charge >= 0.3 is 0 Å². The van der Waals surface area contributed by atoms with Crippen molar-refractivity contribution in [1.82, 2.24) is 14.8 Å². The summed E-state index contributed by atoms with van der Waals surface area (Å²) in [5, 5.41) is 14.8. The van der Waals surface area contributed by atoms with Crippen LogP contribution in [0.5, 0.6) is 5.75 Å². The van der Waals surface area contributed by atoms with E-state index >= 15 is 0 Å². The molecule has 5 nitrogen and oxygen atoms in total. The number of rotatable bonds is 6. The van der Waals surface area contributed by atoms with Crippen molar-refractivity contribution in [3.63, 3.8) is 0 Å². The van der Waals surface area contributed by atoms with Crippen molar-refractivity contribution in [2.24, 2.45) is 0 Å². The number of aliphatic hydroxyl groups is 1. The number of hydrogen-bond acceptors (Lipinski definition) is 4. The van der Waals surface area contributed by atoms with E-state index in [4.69, 9.17) is 16.3 Å². The van der Waals surface area contributed by atoms with Crippen LogP contribution in [0.4, 0.5) is 0 Å². The first-order valence-electron chi connectivity index (χ1n) is 7.53. The maximum absolute atomic E-state index is 9.80.